The number of aromatic nitrogens is 3. The molecule has 0 spiro atoms. The molecular formula is C22H24F3N5O3. The predicted molar refractivity (Wildman–Crippen MR) is 114 cm³/mol. The number of aliphatic hydroxyl groups excluding tert-OH is 1. The average Bonchev–Trinajstić information content (AvgIpc) is 3.32. The Morgan fingerprint density at radius 2 is 1.94 bits per heavy atom. The quantitative estimate of drug-likeness (QED) is 0.475. The van der Waals surface area contributed by atoms with Gasteiger partial charge in [0.05, 0.1) is 24.4 Å². The van der Waals surface area contributed by atoms with Gasteiger partial charge in [0, 0.05) is 24.5 Å². The molecule has 0 aliphatic heterocycles. The van der Waals surface area contributed by atoms with Crippen molar-refractivity contribution in [2.24, 2.45) is 0 Å². The summed E-state index contributed by atoms with van der Waals surface area (Å²) >= 11 is 0. The number of anilines is 1. The van der Waals surface area contributed by atoms with Crippen molar-refractivity contribution in [1.82, 2.24) is 20.5 Å². The highest BCUT2D eigenvalue weighted by atomic mass is 19.3. The maximum atomic E-state index is 15.3. The molecule has 2 unspecified atom stereocenters. The molecule has 1 amide bonds. The SMILES string of the molecule is CC(CO)NCC(C)(F)C(=O)N(Cc1ccc(-c2nnc(C(F)F)o2)cn1)c1ccccc1. The molecule has 0 fully saturated rings. The van der Waals surface area contributed by atoms with Crippen LogP contribution in [0.4, 0.5) is 18.9 Å². The normalized spacial score (nSPS) is 14.2. The summed E-state index contributed by atoms with van der Waals surface area (Å²) in [5.74, 6) is -1.68. The maximum absolute atomic E-state index is 15.3. The minimum absolute atomic E-state index is 0.0374. The third-order valence-electron chi connectivity index (χ3n) is 4.83. The second-order valence-corrected chi connectivity index (χ2v) is 7.67. The van der Waals surface area contributed by atoms with E-state index in [4.69, 9.17) is 9.52 Å². The Morgan fingerprint density at radius 3 is 2.52 bits per heavy atom. The lowest BCUT2D eigenvalue weighted by molar-refractivity contribution is -0.129. The number of para-hydroxylation sites is 1. The first-order valence-corrected chi connectivity index (χ1v) is 10.2. The molecule has 3 aromatic rings. The van der Waals surface area contributed by atoms with Crippen molar-refractivity contribution in [3.05, 3.63) is 60.2 Å². The number of hydrogen-bond acceptors (Lipinski definition) is 7. The number of aliphatic hydroxyl groups is 1. The van der Waals surface area contributed by atoms with Gasteiger partial charge in [-0.25, -0.2) is 4.39 Å². The van der Waals surface area contributed by atoms with Crippen molar-refractivity contribution < 1.29 is 27.5 Å². The Bertz CT molecular complexity index is 1040. The highest BCUT2D eigenvalue weighted by molar-refractivity contribution is 5.99. The molecular weight excluding hydrogens is 439 g/mol. The van der Waals surface area contributed by atoms with Crippen LogP contribution < -0.4 is 10.2 Å². The zero-order chi connectivity index (χ0) is 24.0. The number of halogens is 3. The predicted octanol–water partition coefficient (Wildman–Crippen LogP) is 3.30. The van der Waals surface area contributed by atoms with Crippen LogP contribution in [-0.4, -0.2) is 51.1 Å². The molecule has 33 heavy (non-hydrogen) atoms. The first-order valence-electron chi connectivity index (χ1n) is 10.2. The van der Waals surface area contributed by atoms with E-state index in [0.717, 1.165) is 0 Å². The van der Waals surface area contributed by atoms with E-state index in [1.54, 1.807) is 43.3 Å². The summed E-state index contributed by atoms with van der Waals surface area (Å²) < 4.78 is 45.6. The lowest BCUT2D eigenvalue weighted by Gasteiger charge is -2.30. The van der Waals surface area contributed by atoms with Gasteiger partial charge in [-0.15, -0.1) is 10.2 Å². The van der Waals surface area contributed by atoms with E-state index in [-0.39, 0.29) is 31.6 Å². The minimum atomic E-state index is -2.88. The smallest absolute Gasteiger partial charge is 0.314 e. The van der Waals surface area contributed by atoms with Crippen LogP contribution in [-0.2, 0) is 11.3 Å². The fourth-order valence-electron chi connectivity index (χ4n) is 2.92. The van der Waals surface area contributed by atoms with Crippen LogP contribution in [0.2, 0.25) is 0 Å². The first kappa shape index (κ1) is 24.3. The van der Waals surface area contributed by atoms with Crippen molar-refractivity contribution in [2.75, 3.05) is 18.1 Å². The Labute approximate surface area is 188 Å². The van der Waals surface area contributed by atoms with Crippen molar-refractivity contribution >= 4 is 11.6 Å². The molecule has 0 radical (unpaired) electrons. The molecule has 2 atom stereocenters. The first-order chi connectivity index (χ1) is 15.7. The molecule has 176 valence electrons. The number of nitrogens with zero attached hydrogens (tertiary/aromatic N) is 4. The fourth-order valence-corrected chi connectivity index (χ4v) is 2.92. The van der Waals surface area contributed by atoms with E-state index in [1.807, 2.05) is 0 Å². The molecule has 11 heteroatoms. The average molecular weight is 463 g/mol. The summed E-state index contributed by atoms with van der Waals surface area (Å²) in [6.45, 7) is 2.34. The Morgan fingerprint density at radius 1 is 1.21 bits per heavy atom. The van der Waals surface area contributed by atoms with E-state index in [0.29, 0.717) is 16.9 Å². The molecule has 2 heterocycles. The van der Waals surface area contributed by atoms with E-state index in [1.165, 1.54) is 24.1 Å². The third-order valence-corrected chi connectivity index (χ3v) is 4.83. The molecule has 0 aliphatic rings. The van der Waals surface area contributed by atoms with Crippen LogP contribution >= 0.6 is 0 Å². The Balaban J connectivity index is 1.81. The fraction of sp³-hybridized carbons (Fsp3) is 0.364. The standard InChI is InChI=1S/C22H24F3N5O3/c1-14(12-31)27-13-22(2,25)21(32)30(17-6-4-3-5-7-17)11-16-9-8-15(10-26-16)19-28-29-20(33-19)18(23)24/h3-10,14,18,27,31H,11-13H2,1-2H3. The molecule has 3 rings (SSSR count). The number of benzene rings is 1. The Kier molecular flexibility index (Phi) is 7.77. The van der Waals surface area contributed by atoms with Gasteiger partial charge in [0.25, 0.3) is 11.8 Å². The summed E-state index contributed by atoms with van der Waals surface area (Å²) in [4.78, 5) is 18.7. The molecule has 8 nitrogen and oxygen atoms in total. The molecule has 2 N–H and O–H groups in total. The summed E-state index contributed by atoms with van der Waals surface area (Å²) in [6, 6.07) is 11.3. The van der Waals surface area contributed by atoms with Crippen molar-refractivity contribution in [2.45, 2.75) is 38.5 Å². The van der Waals surface area contributed by atoms with Gasteiger partial charge in [0.1, 0.15) is 0 Å². The molecule has 0 saturated heterocycles. The maximum Gasteiger partial charge on any atom is 0.314 e. The molecule has 0 aliphatic carbocycles. The highest BCUT2D eigenvalue weighted by Crippen LogP contribution is 2.25. The van der Waals surface area contributed by atoms with Gasteiger partial charge in [-0.3, -0.25) is 9.78 Å². The van der Waals surface area contributed by atoms with Gasteiger partial charge >= 0.3 is 6.43 Å². The van der Waals surface area contributed by atoms with E-state index >= 15 is 4.39 Å². The van der Waals surface area contributed by atoms with Crippen molar-refractivity contribution in [3.63, 3.8) is 0 Å². The second kappa shape index (κ2) is 10.5. The highest BCUT2D eigenvalue weighted by Gasteiger charge is 2.37. The number of rotatable bonds is 10. The third kappa shape index (κ3) is 6.14. The number of nitrogens with one attached hydrogen (secondary N) is 1. The van der Waals surface area contributed by atoms with Gasteiger partial charge < -0.3 is 19.7 Å². The number of amides is 1. The number of alkyl halides is 3. The van der Waals surface area contributed by atoms with Crippen LogP contribution in [0.25, 0.3) is 11.5 Å². The van der Waals surface area contributed by atoms with E-state index < -0.39 is 23.9 Å². The zero-order valence-electron chi connectivity index (χ0n) is 18.1. The molecule has 0 saturated carbocycles. The lowest BCUT2D eigenvalue weighted by Crippen LogP contribution is -2.51. The summed E-state index contributed by atoms with van der Waals surface area (Å²) in [7, 11) is 0. The van der Waals surface area contributed by atoms with E-state index in [9.17, 15) is 13.6 Å². The van der Waals surface area contributed by atoms with Crippen LogP contribution in [0.15, 0.2) is 53.1 Å². The van der Waals surface area contributed by atoms with Crippen LogP contribution in [0.3, 0.4) is 0 Å². The summed E-state index contributed by atoms with van der Waals surface area (Å²) in [5, 5.41) is 18.8. The van der Waals surface area contributed by atoms with Crippen LogP contribution in [0, 0.1) is 0 Å². The molecule has 0 bridgehead atoms. The monoisotopic (exact) mass is 463 g/mol. The minimum Gasteiger partial charge on any atom is -0.415 e. The number of pyridine rings is 1. The van der Waals surface area contributed by atoms with Crippen LogP contribution in [0.1, 0.15) is 31.9 Å². The van der Waals surface area contributed by atoms with Gasteiger partial charge in [0.15, 0.2) is 5.67 Å². The van der Waals surface area contributed by atoms with Gasteiger partial charge in [0.2, 0.25) is 5.89 Å². The second-order valence-electron chi connectivity index (χ2n) is 7.67. The molecule has 2 aromatic heterocycles. The number of carbonyl (C=O) groups is 1. The molecule has 1 aromatic carbocycles. The van der Waals surface area contributed by atoms with Gasteiger partial charge in [-0.2, -0.15) is 8.78 Å². The lowest BCUT2D eigenvalue weighted by atomic mass is 10.1. The topological polar surface area (TPSA) is 104 Å². The van der Waals surface area contributed by atoms with E-state index in [2.05, 4.69) is 20.5 Å². The van der Waals surface area contributed by atoms with Crippen LogP contribution in [0.5, 0.6) is 0 Å². The van der Waals surface area contributed by atoms with Gasteiger partial charge in [-0.05, 0) is 38.1 Å². The largest absolute Gasteiger partial charge is 0.415 e. The number of carbonyl (C=O) groups excluding carboxylic acids is 1. The zero-order valence-corrected chi connectivity index (χ0v) is 18.1. The van der Waals surface area contributed by atoms with Crippen molar-refractivity contribution in [3.8, 4) is 11.5 Å². The summed E-state index contributed by atoms with van der Waals surface area (Å²) in [6.07, 6.45) is -1.53. The van der Waals surface area contributed by atoms with Crippen molar-refractivity contribution in [1.29, 1.82) is 0 Å². The summed E-state index contributed by atoms with van der Waals surface area (Å²) in [5.41, 5.74) is -1.02. The van der Waals surface area contributed by atoms with Gasteiger partial charge in [-0.1, -0.05) is 18.2 Å². The Hall–Kier alpha value is -3.31. The number of hydrogen-bond donors (Lipinski definition) is 2.